The van der Waals surface area contributed by atoms with Gasteiger partial charge in [0.25, 0.3) is 0 Å². The molecule has 0 bridgehead atoms. The molecule has 4 nitrogen and oxygen atoms in total. The number of pyridine rings is 1. The fourth-order valence-electron chi connectivity index (χ4n) is 3.00. The molecular weight excluding hydrogens is 240 g/mol. The summed E-state index contributed by atoms with van der Waals surface area (Å²) < 4.78 is 11.3. The van der Waals surface area contributed by atoms with Crippen molar-refractivity contribution in [1.29, 1.82) is 5.26 Å². The van der Waals surface area contributed by atoms with Crippen molar-refractivity contribution in [2.75, 3.05) is 13.2 Å². The molecular formula is C15H16N2O2. The summed E-state index contributed by atoms with van der Waals surface area (Å²) in [6.45, 7) is 7.12. The number of rotatable bonds is 2. The van der Waals surface area contributed by atoms with Crippen LogP contribution in [0.2, 0.25) is 0 Å². The van der Waals surface area contributed by atoms with E-state index >= 15 is 0 Å². The second kappa shape index (κ2) is 4.16. The quantitative estimate of drug-likeness (QED) is 0.815. The number of hydrogen-bond acceptors (Lipinski definition) is 4. The van der Waals surface area contributed by atoms with Gasteiger partial charge in [-0.15, -0.1) is 0 Å². The Morgan fingerprint density at radius 3 is 2.68 bits per heavy atom. The fourth-order valence-corrected chi connectivity index (χ4v) is 3.00. The summed E-state index contributed by atoms with van der Waals surface area (Å²) in [5.41, 5.74) is 2.07. The van der Waals surface area contributed by atoms with Crippen LogP contribution in [-0.4, -0.2) is 24.0 Å². The lowest BCUT2D eigenvalue weighted by Crippen LogP contribution is -2.55. The Bertz CT molecular complexity index is 560. The Hall–Kier alpha value is -1.70. The summed E-state index contributed by atoms with van der Waals surface area (Å²) in [7, 11) is 0. The van der Waals surface area contributed by atoms with Crippen LogP contribution in [0.1, 0.15) is 31.0 Å². The van der Waals surface area contributed by atoms with E-state index < -0.39 is 11.2 Å². The summed E-state index contributed by atoms with van der Waals surface area (Å²) in [5.74, 6) is -0.556. The number of aromatic nitrogens is 1. The summed E-state index contributed by atoms with van der Waals surface area (Å²) in [6, 6.07) is 6.25. The zero-order chi connectivity index (χ0) is 13.5. The van der Waals surface area contributed by atoms with Crippen LogP contribution < -0.4 is 0 Å². The number of nitrogens with zero attached hydrogens (tertiary/aromatic N) is 2. The van der Waals surface area contributed by atoms with Crippen molar-refractivity contribution >= 4 is 5.57 Å². The lowest BCUT2D eigenvalue weighted by Gasteiger charge is -2.48. The average molecular weight is 256 g/mol. The van der Waals surface area contributed by atoms with E-state index in [2.05, 4.69) is 17.6 Å². The van der Waals surface area contributed by atoms with Gasteiger partial charge in [-0.25, -0.2) is 0 Å². The molecule has 0 amide bonds. The highest BCUT2D eigenvalue weighted by molar-refractivity contribution is 5.65. The van der Waals surface area contributed by atoms with Crippen LogP contribution in [0.4, 0.5) is 0 Å². The van der Waals surface area contributed by atoms with Crippen molar-refractivity contribution in [3.05, 3.63) is 36.2 Å². The first-order valence-corrected chi connectivity index (χ1v) is 6.41. The molecule has 3 rings (SSSR count). The first-order valence-electron chi connectivity index (χ1n) is 6.41. The molecule has 2 aliphatic rings. The number of nitriles is 1. The normalized spacial score (nSPS) is 22.7. The number of hydrogen-bond donors (Lipinski definition) is 0. The van der Waals surface area contributed by atoms with Crippen molar-refractivity contribution in [3.63, 3.8) is 0 Å². The van der Waals surface area contributed by atoms with Gasteiger partial charge in [-0.05, 0) is 24.1 Å². The van der Waals surface area contributed by atoms with E-state index in [0.29, 0.717) is 26.1 Å². The zero-order valence-corrected chi connectivity index (χ0v) is 11.0. The van der Waals surface area contributed by atoms with Crippen LogP contribution >= 0.6 is 0 Å². The molecule has 1 aliphatic heterocycles. The Kier molecular flexibility index (Phi) is 2.70. The van der Waals surface area contributed by atoms with Gasteiger partial charge in [0.2, 0.25) is 0 Å². The predicted octanol–water partition coefficient (Wildman–Crippen LogP) is 2.41. The number of allylic oxidation sites excluding steroid dienone is 1. The van der Waals surface area contributed by atoms with E-state index in [1.54, 1.807) is 6.20 Å². The molecule has 1 spiro atoms. The Morgan fingerprint density at radius 2 is 2.11 bits per heavy atom. The van der Waals surface area contributed by atoms with Crippen LogP contribution in [0.5, 0.6) is 0 Å². The molecule has 4 heteroatoms. The first-order chi connectivity index (χ1) is 9.11. The molecule has 1 saturated carbocycles. The highest BCUT2D eigenvalue weighted by atomic mass is 16.7. The van der Waals surface area contributed by atoms with E-state index in [9.17, 15) is 5.26 Å². The minimum atomic E-state index is -0.611. The first kappa shape index (κ1) is 12.3. The summed E-state index contributed by atoms with van der Waals surface area (Å²) in [4.78, 5) is 4.43. The van der Waals surface area contributed by atoms with Crippen LogP contribution in [0.15, 0.2) is 24.9 Å². The molecule has 0 aromatic carbocycles. The van der Waals surface area contributed by atoms with Gasteiger partial charge in [0.1, 0.15) is 5.41 Å². The van der Waals surface area contributed by atoms with E-state index in [1.165, 1.54) is 0 Å². The zero-order valence-electron chi connectivity index (χ0n) is 11.0. The molecule has 0 atom stereocenters. The van der Waals surface area contributed by atoms with E-state index in [4.69, 9.17) is 9.47 Å². The van der Waals surface area contributed by atoms with E-state index in [-0.39, 0.29) is 0 Å². The van der Waals surface area contributed by atoms with E-state index in [0.717, 1.165) is 16.8 Å². The molecule has 0 unspecified atom stereocenters. The molecule has 0 radical (unpaired) electrons. The van der Waals surface area contributed by atoms with Gasteiger partial charge in [0, 0.05) is 19.0 Å². The molecule has 19 heavy (non-hydrogen) atoms. The highest BCUT2D eigenvalue weighted by Crippen LogP contribution is 2.54. The standard InChI is InChI=1S/C15H16N2O2/c1-11(2)12-4-3-5-17-13(12)14(10-16)8-15(9-14)18-6-7-19-15/h3-5H,1,6-9H2,2H3. The van der Waals surface area contributed by atoms with Crippen molar-refractivity contribution in [1.82, 2.24) is 4.98 Å². The van der Waals surface area contributed by atoms with Gasteiger partial charge in [0.15, 0.2) is 5.79 Å². The predicted molar refractivity (Wildman–Crippen MR) is 70.1 cm³/mol. The average Bonchev–Trinajstić information content (AvgIpc) is 2.85. The van der Waals surface area contributed by atoms with Crippen molar-refractivity contribution in [2.24, 2.45) is 0 Å². The molecule has 98 valence electrons. The van der Waals surface area contributed by atoms with Gasteiger partial charge in [-0.2, -0.15) is 5.26 Å². The van der Waals surface area contributed by atoms with Gasteiger partial charge in [-0.3, -0.25) is 4.98 Å². The van der Waals surface area contributed by atoms with Crippen LogP contribution in [0.25, 0.3) is 5.57 Å². The molecule has 2 heterocycles. The summed E-state index contributed by atoms with van der Waals surface area (Å²) >= 11 is 0. The van der Waals surface area contributed by atoms with Crippen LogP contribution in [0, 0.1) is 11.3 Å². The summed E-state index contributed by atoms with van der Waals surface area (Å²) in [5, 5.41) is 9.61. The third kappa shape index (κ3) is 1.78. The molecule has 1 saturated heterocycles. The molecule has 1 aromatic rings. The van der Waals surface area contributed by atoms with Crippen molar-refractivity contribution < 1.29 is 9.47 Å². The van der Waals surface area contributed by atoms with Crippen molar-refractivity contribution in [2.45, 2.75) is 31.0 Å². The Labute approximate surface area is 112 Å². The van der Waals surface area contributed by atoms with Gasteiger partial charge >= 0.3 is 0 Å². The molecule has 2 fully saturated rings. The maximum atomic E-state index is 9.61. The Balaban J connectivity index is 1.97. The molecule has 1 aromatic heterocycles. The minimum Gasteiger partial charge on any atom is -0.347 e. The largest absolute Gasteiger partial charge is 0.347 e. The van der Waals surface area contributed by atoms with Gasteiger partial charge < -0.3 is 9.47 Å². The highest BCUT2D eigenvalue weighted by Gasteiger charge is 2.61. The lowest BCUT2D eigenvalue weighted by molar-refractivity contribution is -0.230. The third-order valence-electron chi connectivity index (χ3n) is 3.89. The SMILES string of the molecule is C=C(C)c1cccnc1C1(C#N)CC2(C1)OCCO2. The minimum absolute atomic E-state index is 0.549. The van der Waals surface area contributed by atoms with Gasteiger partial charge in [0.05, 0.1) is 25.0 Å². The van der Waals surface area contributed by atoms with Crippen LogP contribution in [0.3, 0.4) is 0 Å². The second-order valence-corrected chi connectivity index (χ2v) is 5.33. The topological polar surface area (TPSA) is 55.1 Å². The maximum Gasteiger partial charge on any atom is 0.172 e. The summed E-state index contributed by atoms with van der Waals surface area (Å²) in [6.07, 6.45) is 2.82. The monoisotopic (exact) mass is 256 g/mol. The maximum absolute atomic E-state index is 9.61. The fraction of sp³-hybridized carbons (Fsp3) is 0.467. The van der Waals surface area contributed by atoms with Gasteiger partial charge in [-0.1, -0.05) is 12.6 Å². The smallest absolute Gasteiger partial charge is 0.172 e. The van der Waals surface area contributed by atoms with E-state index in [1.807, 2.05) is 19.1 Å². The third-order valence-corrected chi connectivity index (χ3v) is 3.89. The van der Waals surface area contributed by atoms with Crippen LogP contribution in [-0.2, 0) is 14.9 Å². The second-order valence-electron chi connectivity index (χ2n) is 5.33. The Morgan fingerprint density at radius 1 is 1.42 bits per heavy atom. The van der Waals surface area contributed by atoms with Crippen molar-refractivity contribution in [3.8, 4) is 6.07 Å². The molecule has 1 aliphatic carbocycles. The molecule has 0 N–H and O–H groups in total. The number of ether oxygens (including phenoxy) is 2. The lowest BCUT2D eigenvalue weighted by atomic mass is 9.62.